The van der Waals surface area contributed by atoms with Crippen molar-refractivity contribution in [1.29, 1.82) is 0 Å². The molecule has 2 aromatic heterocycles. The fourth-order valence-corrected chi connectivity index (χ4v) is 9.44. The average Bonchev–Trinajstić information content (AvgIpc) is 3.70. The molecule has 0 aliphatic heterocycles. The number of nitrogens with zero attached hydrogens (tertiary/aromatic N) is 4. The lowest BCUT2D eigenvalue weighted by Gasteiger charge is -2.28. The number of fused-ring (bicyclic) bond motifs is 8. The topological polar surface area (TPSA) is 24.3 Å². The van der Waals surface area contributed by atoms with Crippen LogP contribution in [0.4, 0.5) is 34.1 Å². The van der Waals surface area contributed by atoms with Gasteiger partial charge in [0.05, 0.1) is 22.2 Å². The first-order valence-corrected chi connectivity index (χ1v) is 21.5. The lowest BCUT2D eigenvalue weighted by molar-refractivity contribution is 1.18. The van der Waals surface area contributed by atoms with Gasteiger partial charge >= 0.3 is 0 Å². The van der Waals surface area contributed by atoms with Gasteiger partial charge in [0.1, 0.15) is 0 Å². The van der Waals surface area contributed by atoms with Crippen LogP contribution in [0.25, 0.3) is 71.2 Å². The summed E-state index contributed by atoms with van der Waals surface area (Å²) in [5.41, 5.74) is 13.0. The van der Waals surface area contributed by atoms with Crippen LogP contribution in [0.1, 0.15) is 0 Å². The summed E-state index contributed by atoms with van der Waals surface area (Å²) in [6.07, 6.45) is 0. The number of rotatable bonds is 8. The third kappa shape index (κ3) is 6.27. The molecule has 0 bridgehead atoms. The van der Waals surface area contributed by atoms with E-state index in [1.807, 2.05) is 0 Å². The van der Waals surface area contributed by atoms with Gasteiger partial charge in [0.2, 0.25) is 0 Å². The summed E-state index contributed by atoms with van der Waals surface area (Å²) in [6.45, 7) is 0. The largest absolute Gasteiger partial charge is 0.311 e. The molecule has 63 heavy (non-hydrogen) atoms. The van der Waals surface area contributed by atoms with E-state index in [1.165, 1.54) is 26.9 Å². The maximum atomic E-state index is 5.38. The molecule has 4 nitrogen and oxygen atoms in total. The molecule has 12 aromatic rings. The van der Waals surface area contributed by atoms with Crippen molar-refractivity contribution in [1.82, 2.24) is 9.55 Å². The minimum atomic E-state index is 0.986. The lowest BCUT2D eigenvalue weighted by atomic mass is 9.97. The highest BCUT2D eigenvalue weighted by Crippen LogP contribution is 2.44. The molecule has 0 radical (unpaired) electrons. The van der Waals surface area contributed by atoms with Crippen molar-refractivity contribution >= 4 is 88.4 Å². The molecular formula is C59H40N4. The quantitative estimate of drug-likeness (QED) is 0.143. The number of hydrogen-bond donors (Lipinski definition) is 0. The predicted octanol–water partition coefficient (Wildman–Crippen LogP) is 16.2. The zero-order chi connectivity index (χ0) is 41.7. The van der Waals surface area contributed by atoms with Crippen LogP contribution in [0.5, 0.6) is 0 Å². The van der Waals surface area contributed by atoms with Crippen LogP contribution in [0, 0.1) is 0 Å². The van der Waals surface area contributed by atoms with E-state index in [1.54, 1.807) is 0 Å². The smallest absolute Gasteiger partial charge is 0.0809 e. The molecule has 0 fully saturated rings. The van der Waals surface area contributed by atoms with Gasteiger partial charge in [-0.1, -0.05) is 146 Å². The third-order valence-corrected chi connectivity index (χ3v) is 12.3. The number of para-hydroxylation sites is 4. The summed E-state index contributed by atoms with van der Waals surface area (Å²) in [5, 5.41) is 8.31. The Kier molecular flexibility index (Phi) is 8.79. The van der Waals surface area contributed by atoms with Crippen LogP contribution in [0.2, 0.25) is 0 Å². The number of benzene rings is 10. The number of aromatic nitrogens is 2. The Morgan fingerprint density at radius 2 is 0.825 bits per heavy atom. The van der Waals surface area contributed by atoms with Crippen molar-refractivity contribution in [3.63, 3.8) is 0 Å². The van der Waals surface area contributed by atoms with Crippen LogP contribution >= 0.6 is 0 Å². The van der Waals surface area contributed by atoms with Gasteiger partial charge in [0, 0.05) is 66.9 Å². The van der Waals surface area contributed by atoms with E-state index < -0.39 is 0 Å². The second kappa shape index (κ2) is 15.2. The van der Waals surface area contributed by atoms with Crippen molar-refractivity contribution in [3.05, 3.63) is 243 Å². The number of anilines is 6. The zero-order valence-electron chi connectivity index (χ0n) is 34.4. The van der Waals surface area contributed by atoms with Crippen molar-refractivity contribution in [2.75, 3.05) is 9.80 Å². The van der Waals surface area contributed by atoms with Gasteiger partial charge in [-0.05, 0) is 113 Å². The molecule has 0 spiro atoms. The van der Waals surface area contributed by atoms with Gasteiger partial charge in [-0.2, -0.15) is 0 Å². The third-order valence-electron chi connectivity index (χ3n) is 12.3. The second-order valence-corrected chi connectivity index (χ2v) is 16.0. The number of pyridine rings is 1. The summed E-state index contributed by atoms with van der Waals surface area (Å²) >= 11 is 0. The molecule has 0 atom stereocenters. The minimum absolute atomic E-state index is 0.986. The molecular weight excluding hydrogens is 765 g/mol. The van der Waals surface area contributed by atoms with Gasteiger partial charge in [-0.3, -0.25) is 0 Å². The zero-order valence-corrected chi connectivity index (χ0v) is 34.4. The Hall–Kier alpha value is -8.47. The van der Waals surface area contributed by atoms with E-state index in [2.05, 4.69) is 257 Å². The highest BCUT2D eigenvalue weighted by molar-refractivity contribution is 6.25. The first-order chi connectivity index (χ1) is 31.3. The Morgan fingerprint density at radius 1 is 0.333 bits per heavy atom. The second-order valence-electron chi connectivity index (χ2n) is 16.0. The molecule has 0 amide bonds. The first kappa shape index (κ1) is 36.4. The average molecular weight is 805 g/mol. The molecule has 0 aliphatic rings. The predicted molar refractivity (Wildman–Crippen MR) is 266 cm³/mol. The normalized spacial score (nSPS) is 11.5. The molecule has 0 unspecified atom stereocenters. The lowest BCUT2D eigenvalue weighted by Crippen LogP contribution is -2.12. The van der Waals surface area contributed by atoms with Crippen molar-refractivity contribution < 1.29 is 0 Å². The van der Waals surface area contributed by atoms with Crippen LogP contribution < -0.4 is 9.80 Å². The van der Waals surface area contributed by atoms with Crippen LogP contribution in [0.15, 0.2) is 243 Å². The van der Waals surface area contributed by atoms with Crippen LogP contribution in [0.3, 0.4) is 0 Å². The van der Waals surface area contributed by atoms with Gasteiger partial charge in [-0.25, -0.2) is 4.98 Å². The van der Waals surface area contributed by atoms with Crippen molar-refractivity contribution in [2.24, 2.45) is 0 Å². The van der Waals surface area contributed by atoms with Gasteiger partial charge in [0.25, 0.3) is 0 Å². The van der Waals surface area contributed by atoms with Gasteiger partial charge in [0.15, 0.2) is 0 Å². The maximum absolute atomic E-state index is 5.38. The Labute approximate surface area is 365 Å². The molecule has 2 heterocycles. The molecule has 12 rings (SSSR count). The molecule has 0 saturated heterocycles. The van der Waals surface area contributed by atoms with Crippen molar-refractivity contribution in [2.45, 2.75) is 0 Å². The van der Waals surface area contributed by atoms with Gasteiger partial charge in [-0.15, -0.1) is 0 Å². The summed E-state index contributed by atoms with van der Waals surface area (Å²) in [4.78, 5) is 10.0. The standard InChI is InChI=1S/C59H40N4/c1-4-17-42(18-5-1)58-57-53(51-24-12-14-26-55(51)60-58)38-39-54-52-25-13-15-27-56(52)63(59(54)57)49-36-34-48(35-37-49)62(50-29-28-41-16-10-11-19-43(41)40-50)47-32-30-46(31-33-47)61(44-20-6-2-7-21-44)45-22-8-3-9-23-45/h1-40H. The summed E-state index contributed by atoms with van der Waals surface area (Å²) in [6, 6.07) is 86.9. The molecule has 10 aromatic carbocycles. The Bertz CT molecular complexity index is 3560. The first-order valence-electron chi connectivity index (χ1n) is 21.5. The summed E-state index contributed by atoms with van der Waals surface area (Å²) in [7, 11) is 0. The maximum Gasteiger partial charge on any atom is 0.0809 e. The molecule has 0 saturated carbocycles. The van der Waals surface area contributed by atoms with E-state index in [0.717, 1.165) is 78.4 Å². The highest BCUT2D eigenvalue weighted by Gasteiger charge is 2.21. The van der Waals surface area contributed by atoms with E-state index in [-0.39, 0.29) is 0 Å². The van der Waals surface area contributed by atoms with Crippen LogP contribution in [-0.4, -0.2) is 9.55 Å². The van der Waals surface area contributed by atoms with E-state index in [9.17, 15) is 0 Å². The fraction of sp³-hybridized carbons (Fsp3) is 0. The molecule has 296 valence electrons. The Morgan fingerprint density at radius 3 is 1.51 bits per heavy atom. The fourth-order valence-electron chi connectivity index (χ4n) is 9.44. The molecule has 0 N–H and O–H groups in total. The van der Waals surface area contributed by atoms with Crippen LogP contribution in [-0.2, 0) is 0 Å². The minimum Gasteiger partial charge on any atom is -0.311 e. The Balaban J connectivity index is 1.04. The summed E-state index contributed by atoms with van der Waals surface area (Å²) in [5.74, 6) is 0. The van der Waals surface area contributed by atoms with E-state index in [4.69, 9.17) is 4.98 Å². The van der Waals surface area contributed by atoms with Crippen molar-refractivity contribution in [3.8, 4) is 16.9 Å². The summed E-state index contributed by atoms with van der Waals surface area (Å²) < 4.78 is 2.44. The number of hydrogen-bond acceptors (Lipinski definition) is 3. The van der Waals surface area contributed by atoms with Gasteiger partial charge < -0.3 is 14.4 Å². The molecule has 4 heteroatoms. The highest BCUT2D eigenvalue weighted by atomic mass is 15.2. The monoisotopic (exact) mass is 804 g/mol. The molecule has 0 aliphatic carbocycles. The van der Waals surface area contributed by atoms with E-state index in [0.29, 0.717) is 0 Å². The SMILES string of the molecule is c1ccc(-c2nc3ccccc3c3ccc4c5ccccc5n(-c5ccc(N(c6ccc(N(c7ccccc7)c7ccccc7)cc6)c6ccc7ccccc7c6)cc5)c4c23)cc1. The van der Waals surface area contributed by atoms with E-state index >= 15 is 0 Å².